The maximum atomic E-state index is 6.31. The number of rotatable bonds is 6. The Bertz CT molecular complexity index is 408. The van der Waals surface area contributed by atoms with Gasteiger partial charge in [0.1, 0.15) is 0 Å². The molecule has 0 aliphatic carbocycles. The van der Waals surface area contributed by atoms with Crippen LogP contribution in [0.15, 0.2) is 6.07 Å². The lowest BCUT2D eigenvalue weighted by Gasteiger charge is -2.15. The number of ether oxygens (including phenoxy) is 2. The molecule has 1 rings (SSSR count). The Labute approximate surface area is 119 Å². The SMILES string of the molecule is COc1cc(Cl)c(CCCN(C)C)c(Cl)c1OC. The van der Waals surface area contributed by atoms with Gasteiger partial charge in [-0.15, -0.1) is 0 Å². The summed E-state index contributed by atoms with van der Waals surface area (Å²) in [6, 6.07) is 1.75. The summed E-state index contributed by atoms with van der Waals surface area (Å²) in [5.74, 6) is 1.10. The molecular weight excluding hydrogens is 273 g/mol. The molecule has 18 heavy (non-hydrogen) atoms. The number of benzene rings is 1. The average molecular weight is 292 g/mol. The number of hydrogen-bond acceptors (Lipinski definition) is 3. The lowest BCUT2D eigenvalue weighted by molar-refractivity contribution is 0.354. The minimum Gasteiger partial charge on any atom is -0.493 e. The van der Waals surface area contributed by atoms with Crippen molar-refractivity contribution in [2.75, 3.05) is 34.9 Å². The van der Waals surface area contributed by atoms with Gasteiger partial charge in [-0.2, -0.15) is 0 Å². The summed E-state index contributed by atoms with van der Waals surface area (Å²) in [7, 11) is 7.22. The summed E-state index contributed by atoms with van der Waals surface area (Å²) in [5.41, 5.74) is 0.915. The molecule has 1 aromatic rings. The fraction of sp³-hybridized carbons (Fsp3) is 0.538. The highest BCUT2D eigenvalue weighted by Gasteiger charge is 2.17. The standard InChI is InChI=1S/C13H19Cl2NO2/c1-16(2)7-5-6-9-10(14)8-11(17-3)13(18-4)12(9)15/h8H,5-7H2,1-4H3. The van der Waals surface area contributed by atoms with Gasteiger partial charge in [-0.25, -0.2) is 0 Å². The number of methoxy groups -OCH3 is 2. The maximum absolute atomic E-state index is 6.31. The first-order valence-corrected chi connectivity index (χ1v) is 6.50. The highest BCUT2D eigenvalue weighted by atomic mass is 35.5. The van der Waals surface area contributed by atoms with Crippen LogP contribution in [0.5, 0.6) is 11.5 Å². The Balaban J connectivity index is 2.97. The van der Waals surface area contributed by atoms with E-state index in [1.165, 1.54) is 0 Å². The molecule has 0 amide bonds. The van der Waals surface area contributed by atoms with Crippen LogP contribution in [0.4, 0.5) is 0 Å². The molecule has 0 bridgehead atoms. The van der Waals surface area contributed by atoms with Crippen LogP contribution >= 0.6 is 23.2 Å². The van der Waals surface area contributed by atoms with Gasteiger partial charge in [0.25, 0.3) is 0 Å². The van der Waals surface area contributed by atoms with E-state index >= 15 is 0 Å². The first kappa shape index (κ1) is 15.4. The van der Waals surface area contributed by atoms with E-state index in [4.69, 9.17) is 32.7 Å². The van der Waals surface area contributed by atoms with Crippen molar-refractivity contribution in [1.82, 2.24) is 4.90 Å². The molecule has 0 saturated carbocycles. The summed E-state index contributed by atoms with van der Waals surface area (Å²) in [5, 5.41) is 1.16. The third kappa shape index (κ3) is 3.67. The average Bonchev–Trinajstić information content (AvgIpc) is 2.32. The summed E-state index contributed by atoms with van der Waals surface area (Å²) in [6.07, 6.45) is 1.80. The van der Waals surface area contributed by atoms with Crippen molar-refractivity contribution in [3.05, 3.63) is 21.7 Å². The molecular formula is C13H19Cl2NO2. The first-order chi connectivity index (χ1) is 8.51. The van der Waals surface area contributed by atoms with Gasteiger partial charge in [-0.05, 0) is 39.0 Å². The van der Waals surface area contributed by atoms with E-state index in [-0.39, 0.29) is 0 Å². The predicted octanol–water partition coefficient (Wildman–Crippen LogP) is 3.50. The summed E-state index contributed by atoms with van der Waals surface area (Å²) in [4.78, 5) is 2.13. The molecule has 3 nitrogen and oxygen atoms in total. The van der Waals surface area contributed by atoms with Gasteiger partial charge in [0.05, 0.1) is 19.2 Å². The second-order valence-electron chi connectivity index (χ2n) is 4.29. The third-order valence-electron chi connectivity index (χ3n) is 2.69. The van der Waals surface area contributed by atoms with Crippen LogP contribution in [-0.4, -0.2) is 39.8 Å². The van der Waals surface area contributed by atoms with Crippen molar-refractivity contribution in [2.24, 2.45) is 0 Å². The molecule has 102 valence electrons. The molecule has 1 aromatic carbocycles. The van der Waals surface area contributed by atoms with Crippen LogP contribution in [0.2, 0.25) is 10.0 Å². The topological polar surface area (TPSA) is 21.7 Å². The van der Waals surface area contributed by atoms with Crippen molar-refractivity contribution >= 4 is 23.2 Å². The molecule has 0 radical (unpaired) electrons. The van der Waals surface area contributed by atoms with Crippen LogP contribution in [0.3, 0.4) is 0 Å². The minimum atomic E-state index is 0.542. The second-order valence-corrected chi connectivity index (χ2v) is 5.08. The highest BCUT2D eigenvalue weighted by molar-refractivity contribution is 6.37. The summed E-state index contributed by atoms with van der Waals surface area (Å²) >= 11 is 12.5. The Morgan fingerprint density at radius 2 is 1.83 bits per heavy atom. The molecule has 0 N–H and O–H groups in total. The van der Waals surface area contributed by atoms with Crippen molar-refractivity contribution in [2.45, 2.75) is 12.8 Å². The van der Waals surface area contributed by atoms with Crippen molar-refractivity contribution < 1.29 is 9.47 Å². The van der Waals surface area contributed by atoms with E-state index in [0.29, 0.717) is 21.5 Å². The van der Waals surface area contributed by atoms with Crippen LogP contribution < -0.4 is 9.47 Å². The molecule has 0 aromatic heterocycles. The largest absolute Gasteiger partial charge is 0.493 e. The molecule has 0 unspecified atom stereocenters. The van der Waals surface area contributed by atoms with Crippen LogP contribution in [0, 0.1) is 0 Å². The smallest absolute Gasteiger partial charge is 0.179 e. The predicted molar refractivity (Wildman–Crippen MR) is 76.4 cm³/mol. The zero-order chi connectivity index (χ0) is 13.7. The van der Waals surface area contributed by atoms with Gasteiger partial charge in [0.2, 0.25) is 0 Å². The highest BCUT2D eigenvalue weighted by Crippen LogP contribution is 2.41. The van der Waals surface area contributed by atoms with Gasteiger partial charge < -0.3 is 14.4 Å². The van der Waals surface area contributed by atoms with Gasteiger partial charge in [-0.1, -0.05) is 23.2 Å². The first-order valence-electron chi connectivity index (χ1n) is 5.74. The normalized spacial score (nSPS) is 10.8. The van der Waals surface area contributed by atoms with Crippen molar-refractivity contribution in [3.8, 4) is 11.5 Å². The number of nitrogens with zero attached hydrogens (tertiary/aromatic N) is 1. The zero-order valence-corrected chi connectivity index (χ0v) is 12.7. The van der Waals surface area contributed by atoms with Crippen LogP contribution in [0.1, 0.15) is 12.0 Å². The molecule has 0 aliphatic heterocycles. The van der Waals surface area contributed by atoms with E-state index in [2.05, 4.69) is 4.90 Å². The fourth-order valence-electron chi connectivity index (χ4n) is 1.76. The summed E-state index contributed by atoms with van der Waals surface area (Å²) in [6.45, 7) is 0.987. The van der Waals surface area contributed by atoms with Crippen LogP contribution in [0.25, 0.3) is 0 Å². The third-order valence-corrected chi connectivity index (χ3v) is 3.43. The van der Waals surface area contributed by atoms with Gasteiger partial charge >= 0.3 is 0 Å². The Morgan fingerprint density at radius 1 is 1.17 bits per heavy atom. The van der Waals surface area contributed by atoms with E-state index < -0.39 is 0 Å². The molecule has 5 heteroatoms. The number of halogens is 2. The lowest BCUT2D eigenvalue weighted by atomic mass is 10.1. The minimum absolute atomic E-state index is 0.542. The fourth-order valence-corrected chi connectivity index (χ4v) is 2.46. The van der Waals surface area contributed by atoms with E-state index in [1.807, 2.05) is 14.1 Å². The Kier molecular flexibility index (Phi) is 6.06. The molecule has 0 heterocycles. The molecule has 0 spiro atoms. The molecule has 0 saturated heterocycles. The van der Waals surface area contributed by atoms with Crippen LogP contribution in [-0.2, 0) is 6.42 Å². The van der Waals surface area contributed by atoms with Gasteiger partial charge in [-0.3, -0.25) is 0 Å². The number of hydrogen-bond donors (Lipinski definition) is 0. The Hall–Kier alpha value is -0.640. The van der Waals surface area contributed by atoms with Gasteiger partial charge in [0, 0.05) is 11.1 Å². The quantitative estimate of drug-likeness (QED) is 0.801. The van der Waals surface area contributed by atoms with Crippen molar-refractivity contribution in [1.29, 1.82) is 0 Å². The maximum Gasteiger partial charge on any atom is 0.179 e. The second kappa shape index (κ2) is 7.07. The van der Waals surface area contributed by atoms with E-state index in [9.17, 15) is 0 Å². The van der Waals surface area contributed by atoms with E-state index in [0.717, 1.165) is 24.9 Å². The molecule has 0 aliphatic rings. The lowest BCUT2D eigenvalue weighted by Crippen LogP contribution is -2.13. The van der Waals surface area contributed by atoms with Crippen molar-refractivity contribution in [3.63, 3.8) is 0 Å². The van der Waals surface area contributed by atoms with E-state index in [1.54, 1.807) is 20.3 Å². The Morgan fingerprint density at radius 3 is 2.33 bits per heavy atom. The molecule has 0 atom stereocenters. The molecule has 0 fully saturated rings. The monoisotopic (exact) mass is 291 g/mol. The summed E-state index contributed by atoms with van der Waals surface area (Å²) < 4.78 is 10.5. The van der Waals surface area contributed by atoms with Gasteiger partial charge in [0.15, 0.2) is 11.5 Å². The zero-order valence-electron chi connectivity index (χ0n) is 11.2.